The smallest absolute Gasteiger partial charge is 0.148 e. The maximum atomic E-state index is 5.85. The standard InChI is InChI=1S/C11H20N4/c1-4-5-9-6-7-10(15-14-9)13-8-11(2,3)12/h6-7H,4-5,8,12H2,1-3H3,(H,13,15). The molecule has 0 aliphatic carbocycles. The van der Waals surface area contributed by atoms with E-state index in [9.17, 15) is 0 Å². The number of aryl methyl sites for hydroxylation is 1. The summed E-state index contributed by atoms with van der Waals surface area (Å²) < 4.78 is 0. The lowest BCUT2D eigenvalue weighted by Crippen LogP contribution is -2.39. The summed E-state index contributed by atoms with van der Waals surface area (Å²) in [7, 11) is 0. The van der Waals surface area contributed by atoms with Gasteiger partial charge in [-0.25, -0.2) is 0 Å². The van der Waals surface area contributed by atoms with Gasteiger partial charge in [0.25, 0.3) is 0 Å². The monoisotopic (exact) mass is 208 g/mol. The number of hydrogen-bond acceptors (Lipinski definition) is 4. The maximum absolute atomic E-state index is 5.85. The summed E-state index contributed by atoms with van der Waals surface area (Å²) in [6, 6.07) is 3.95. The second-order valence-electron chi connectivity index (χ2n) is 4.50. The molecule has 0 spiro atoms. The Hall–Kier alpha value is -1.16. The molecular weight excluding hydrogens is 188 g/mol. The van der Waals surface area contributed by atoms with Gasteiger partial charge in [0, 0.05) is 12.1 Å². The van der Waals surface area contributed by atoms with Crippen LogP contribution >= 0.6 is 0 Å². The van der Waals surface area contributed by atoms with Crippen LogP contribution in [0.3, 0.4) is 0 Å². The van der Waals surface area contributed by atoms with Crippen LogP contribution in [0.1, 0.15) is 32.9 Å². The summed E-state index contributed by atoms with van der Waals surface area (Å²) in [6.07, 6.45) is 2.08. The van der Waals surface area contributed by atoms with Crippen LogP contribution in [0.4, 0.5) is 5.82 Å². The van der Waals surface area contributed by atoms with Crippen LogP contribution < -0.4 is 11.1 Å². The van der Waals surface area contributed by atoms with Gasteiger partial charge in [0.05, 0.1) is 5.69 Å². The van der Waals surface area contributed by atoms with Crippen molar-refractivity contribution in [3.05, 3.63) is 17.8 Å². The van der Waals surface area contributed by atoms with Crippen LogP contribution in [0.25, 0.3) is 0 Å². The van der Waals surface area contributed by atoms with Crippen molar-refractivity contribution < 1.29 is 0 Å². The molecule has 0 unspecified atom stereocenters. The molecular formula is C11H20N4. The third-order valence-electron chi connectivity index (χ3n) is 1.95. The van der Waals surface area contributed by atoms with Crippen molar-refractivity contribution >= 4 is 5.82 Å². The van der Waals surface area contributed by atoms with E-state index in [0.717, 1.165) is 24.4 Å². The van der Waals surface area contributed by atoms with Gasteiger partial charge in [-0.1, -0.05) is 13.3 Å². The van der Waals surface area contributed by atoms with E-state index in [4.69, 9.17) is 5.73 Å². The van der Waals surface area contributed by atoms with Crippen molar-refractivity contribution in [3.8, 4) is 0 Å². The summed E-state index contributed by atoms with van der Waals surface area (Å²) in [4.78, 5) is 0. The minimum absolute atomic E-state index is 0.232. The topological polar surface area (TPSA) is 63.8 Å². The predicted molar refractivity (Wildman–Crippen MR) is 62.8 cm³/mol. The second kappa shape index (κ2) is 5.07. The average Bonchev–Trinajstić information content (AvgIpc) is 2.16. The van der Waals surface area contributed by atoms with Gasteiger partial charge in [-0.2, -0.15) is 5.10 Å². The number of aromatic nitrogens is 2. The molecule has 1 heterocycles. The van der Waals surface area contributed by atoms with E-state index >= 15 is 0 Å². The normalized spacial score (nSPS) is 11.5. The summed E-state index contributed by atoms with van der Waals surface area (Å²) in [5, 5.41) is 11.4. The molecule has 0 aliphatic heterocycles. The van der Waals surface area contributed by atoms with Crippen LogP contribution in [-0.2, 0) is 6.42 Å². The third kappa shape index (κ3) is 4.74. The zero-order valence-electron chi connectivity index (χ0n) is 9.75. The van der Waals surface area contributed by atoms with E-state index < -0.39 is 0 Å². The van der Waals surface area contributed by atoms with E-state index in [2.05, 4.69) is 22.4 Å². The highest BCUT2D eigenvalue weighted by Gasteiger charge is 2.09. The first-order valence-electron chi connectivity index (χ1n) is 5.36. The van der Waals surface area contributed by atoms with E-state index in [1.54, 1.807) is 0 Å². The molecule has 15 heavy (non-hydrogen) atoms. The lowest BCUT2D eigenvalue weighted by molar-refractivity contribution is 0.548. The molecule has 0 aromatic carbocycles. The number of anilines is 1. The van der Waals surface area contributed by atoms with E-state index in [1.165, 1.54) is 0 Å². The van der Waals surface area contributed by atoms with Gasteiger partial charge in [0.1, 0.15) is 5.82 Å². The number of nitrogens with two attached hydrogens (primary N) is 1. The van der Waals surface area contributed by atoms with Crippen molar-refractivity contribution in [2.45, 2.75) is 39.2 Å². The van der Waals surface area contributed by atoms with Gasteiger partial charge in [-0.05, 0) is 32.4 Å². The molecule has 1 rings (SSSR count). The Morgan fingerprint density at radius 1 is 1.33 bits per heavy atom. The van der Waals surface area contributed by atoms with Crippen LogP contribution in [0.5, 0.6) is 0 Å². The highest BCUT2D eigenvalue weighted by Crippen LogP contribution is 2.05. The third-order valence-corrected chi connectivity index (χ3v) is 1.95. The van der Waals surface area contributed by atoms with Crippen LogP contribution in [-0.4, -0.2) is 22.3 Å². The van der Waals surface area contributed by atoms with Crippen LogP contribution in [0.15, 0.2) is 12.1 Å². The molecule has 1 aromatic heterocycles. The van der Waals surface area contributed by atoms with Gasteiger partial charge >= 0.3 is 0 Å². The fourth-order valence-corrected chi connectivity index (χ4v) is 1.16. The fraction of sp³-hybridized carbons (Fsp3) is 0.636. The van der Waals surface area contributed by atoms with Gasteiger partial charge in [0.15, 0.2) is 0 Å². The van der Waals surface area contributed by atoms with Gasteiger partial charge in [-0.15, -0.1) is 5.10 Å². The average molecular weight is 208 g/mol. The summed E-state index contributed by atoms with van der Waals surface area (Å²) in [6.45, 7) is 6.76. The second-order valence-corrected chi connectivity index (χ2v) is 4.50. The number of nitrogens with zero attached hydrogens (tertiary/aromatic N) is 2. The summed E-state index contributed by atoms with van der Waals surface area (Å²) >= 11 is 0. The maximum Gasteiger partial charge on any atom is 0.148 e. The zero-order chi connectivity index (χ0) is 11.3. The molecule has 0 bridgehead atoms. The minimum atomic E-state index is -0.232. The van der Waals surface area contributed by atoms with Crippen molar-refractivity contribution in [2.24, 2.45) is 5.73 Å². The molecule has 3 N–H and O–H groups in total. The predicted octanol–water partition coefficient (Wildman–Crippen LogP) is 1.58. The Balaban J connectivity index is 2.50. The Bertz CT molecular complexity index is 286. The Morgan fingerprint density at radius 2 is 2.07 bits per heavy atom. The quantitative estimate of drug-likeness (QED) is 0.771. The van der Waals surface area contributed by atoms with E-state index in [-0.39, 0.29) is 5.54 Å². The molecule has 0 aliphatic rings. The Morgan fingerprint density at radius 3 is 2.53 bits per heavy atom. The number of nitrogens with one attached hydrogen (secondary N) is 1. The molecule has 0 atom stereocenters. The van der Waals surface area contributed by atoms with Gasteiger partial charge in [0.2, 0.25) is 0 Å². The Labute approximate surface area is 91.3 Å². The molecule has 0 saturated carbocycles. The number of rotatable bonds is 5. The van der Waals surface area contributed by atoms with Gasteiger partial charge in [-0.3, -0.25) is 0 Å². The molecule has 0 fully saturated rings. The first kappa shape index (κ1) is 11.9. The SMILES string of the molecule is CCCc1ccc(NCC(C)(C)N)nn1. The molecule has 0 amide bonds. The molecule has 4 nitrogen and oxygen atoms in total. The molecule has 0 saturated heterocycles. The summed E-state index contributed by atoms with van der Waals surface area (Å²) in [5.74, 6) is 0.786. The first-order valence-corrected chi connectivity index (χ1v) is 5.36. The molecule has 84 valence electrons. The lowest BCUT2D eigenvalue weighted by Gasteiger charge is -2.18. The van der Waals surface area contributed by atoms with E-state index in [0.29, 0.717) is 6.54 Å². The van der Waals surface area contributed by atoms with Crippen molar-refractivity contribution in [1.29, 1.82) is 0 Å². The van der Waals surface area contributed by atoms with Gasteiger partial charge < -0.3 is 11.1 Å². The highest BCUT2D eigenvalue weighted by molar-refractivity contribution is 5.33. The van der Waals surface area contributed by atoms with Crippen molar-refractivity contribution in [2.75, 3.05) is 11.9 Å². The van der Waals surface area contributed by atoms with Crippen LogP contribution in [0, 0.1) is 0 Å². The number of hydrogen-bond donors (Lipinski definition) is 2. The lowest BCUT2D eigenvalue weighted by atomic mass is 10.1. The van der Waals surface area contributed by atoms with Crippen molar-refractivity contribution in [1.82, 2.24) is 10.2 Å². The highest BCUT2D eigenvalue weighted by atomic mass is 15.2. The molecule has 4 heteroatoms. The zero-order valence-corrected chi connectivity index (χ0v) is 9.75. The Kier molecular flexibility index (Phi) is 4.03. The minimum Gasteiger partial charge on any atom is -0.367 e. The molecule has 1 aromatic rings. The van der Waals surface area contributed by atoms with Crippen LogP contribution in [0.2, 0.25) is 0 Å². The van der Waals surface area contributed by atoms with Crippen molar-refractivity contribution in [3.63, 3.8) is 0 Å². The summed E-state index contributed by atoms with van der Waals surface area (Å²) in [5.41, 5.74) is 6.65. The first-order chi connectivity index (χ1) is 7.01. The molecule has 0 radical (unpaired) electrons. The fourth-order valence-electron chi connectivity index (χ4n) is 1.16. The largest absolute Gasteiger partial charge is 0.367 e. The van der Waals surface area contributed by atoms with E-state index in [1.807, 2.05) is 26.0 Å².